The quantitative estimate of drug-likeness (QED) is 0.623. The van der Waals surface area contributed by atoms with Gasteiger partial charge in [0.25, 0.3) is 0 Å². The van der Waals surface area contributed by atoms with Crippen LogP contribution in [0.3, 0.4) is 0 Å². The Morgan fingerprint density at radius 2 is 2.10 bits per heavy atom. The van der Waals surface area contributed by atoms with Gasteiger partial charge in [-0.15, -0.1) is 0 Å². The maximum absolute atomic E-state index is 9.70. The highest BCUT2D eigenvalue weighted by Gasteiger charge is 2.25. The summed E-state index contributed by atoms with van der Waals surface area (Å²) in [7, 11) is 0. The van der Waals surface area contributed by atoms with Crippen molar-refractivity contribution in [2.45, 2.75) is 39.2 Å². The fraction of sp³-hybridized carbons (Fsp3) is 1.00. The van der Waals surface area contributed by atoms with Crippen LogP contribution < -0.4 is 5.73 Å². The van der Waals surface area contributed by atoms with Crippen molar-refractivity contribution in [1.82, 2.24) is 0 Å². The largest absolute Gasteiger partial charge is 0.390 e. The van der Waals surface area contributed by atoms with E-state index in [1.54, 1.807) is 0 Å². The van der Waals surface area contributed by atoms with Crippen LogP contribution in [-0.2, 0) is 0 Å². The van der Waals surface area contributed by atoms with Gasteiger partial charge in [-0.3, -0.25) is 0 Å². The molecule has 0 aromatic heterocycles. The molecule has 2 heteroatoms. The van der Waals surface area contributed by atoms with Crippen molar-refractivity contribution in [3.8, 4) is 0 Å². The standard InChI is InChI=1S/C8H19NO/c1-4-7(2)8(3,10)5-6-9/h7,10H,4-6,9H2,1-3H3. The summed E-state index contributed by atoms with van der Waals surface area (Å²) in [5, 5.41) is 9.70. The Balaban J connectivity index is 3.82. The van der Waals surface area contributed by atoms with Gasteiger partial charge in [0.05, 0.1) is 5.60 Å². The van der Waals surface area contributed by atoms with E-state index in [2.05, 4.69) is 13.8 Å². The van der Waals surface area contributed by atoms with E-state index in [-0.39, 0.29) is 0 Å². The monoisotopic (exact) mass is 145 g/mol. The second-order valence-electron chi connectivity index (χ2n) is 3.21. The Bertz CT molecular complexity index is 91.3. The molecule has 0 rings (SSSR count). The van der Waals surface area contributed by atoms with E-state index >= 15 is 0 Å². The Morgan fingerprint density at radius 1 is 1.60 bits per heavy atom. The minimum absolute atomic E-state index is 0.344. The molecule has 2 nitrogen and oxygen atoms in total. The third kappa shape index (κ3) is 2.67. The van der Waals surface area contributed by atoms with Crippen LogP contribution in [0.2, 0.25) is 0 Å². The van der Waals surface area contributed by atoms with Crippen molar-refractivity contribution < 1.29 is 5.11 Å². The van der Waals surface area contributed by atoms with Gasteiger partial charge in [-0.1, -0.05) is 20.3 Å². The minimum Gasteiger partial charge on any atom is -0.390 e. The highest BCUT2D eigenvalue weighted by molar-refractivity contribution is 4.78. The van der Waals surface area contributed by atoms with Crippen molar-refractivity contribution in [3.05, 3.63) is 0 Å². The first kappa shape index (κ1) is 9.92. The number of hydrogen-bond acceptors (Lipinski definition) is 2. The van der Waals surface area contributed by atoms with Gasteiger partial charge in [-0.2, -0.15) is 0 Å². The molecule has 0 aliphatic carbocycles. The van der Waals surface area contributed by atoms with Gasteiger partial charge in [-0.25, -0.2) is 0 Å². The first-order valence-corrected chi connectivity index (χ1v) is 3.97. The van der Waals surface area contributed by atoms with Crippen LogP contribution in [0.25, 0.3) is 0 Å². The molecule has 0 spiro atoms. The van der Waals surface area contributed by atoms with E-state index < -0.39 is 5.60 Å². The Morgan fingerprint density at radius 3 is 2.40 bits per heavy atom. The summed E-state index contributed by atoms with van der Waals surface area (Å²) in [6.45, 7) is 6.55. The zero-order valence-electron chi connectivity index (χ0n) is 7.22. The van der Waals surface area contributed by atoms with E-state index in [0.29, 0.717) is 18.9 Å². The lowest BCUT2D eigenvalue weighted by Crippen LogP contribution is -2.34. The van der Waals surface area contributed by atoms with E-state index in [4.69, 9.17) is 5.73 Å². The highest BCUT2D eigenvalue weighted by atomic mass is 16.3. The molecule has 0 heterocycles. The van der Waals surface area contributed by atoms with Crippen LogP contribution in [-0.4, -0.2) is 17.3 Å². The lowest BCUT2D eigenvalue weighted by atomic mass is 9.86. The third-order valence-electron chi connectivity index (χ3n) is 2.32. The van der Waals surface area contributed by atoms with Crippen LogP contribution in [0.4, 0.5) is 0 Å². The number of rotatable bonds is 4. The second kappa shape index (κ2) is 3.94. The topological polar surface area (TPSA) is 46.2 Å². The molecule has 0 bridgehead atoms. The van der Waals surface area contributed by atoms with E-state index in [1.807, 2.05) is 6.92 Å². The lowest BCUT2D eigenvalue weighted by Gasteiger charge is -2.28. The predicted molar refractivity (Wildman–Crippen MR) is 43.8 cm³/mol. The van der Waals surface area contributed by atoms with Crippen molar-refractivity contribution in [2.75, 3.05) is 6.54 Å². The van der Waals surface area contributed by atoms with Gasteiger partial charge >= 0.3 is 0 Å². The van der Waals surface area contributed by atoms with E-state index in [9.17, 15) is 5.11 Å². The fourth-order valence-electron chi connectivity index (χ4n) is 0.978. The summed E-state index contributed by atoms with van der Waals surface area (Å²) in [4.78, 5) is 0. The van der Waals surface area contributed by atoms with Crippen LogP contribution in [0.15, 0.2) is 0 Å². The number of nitrogens with two attached hydrogens (primary N) is 1. The molecule has 0 radical (unpaired) electrons. The molecular formula is C8H19NO. The molecule has 0 amide bonds. The van der Waals surface area contributed by atoms with Crippen molar-refractivity contribution in [3.63, 3.8) is 0 Å². The maximum atomic E-state index is 9.70. The molecule has 62 valence electrons. The summed E-state index contributed by atoms with van der Waals surface area (Å²) in [6, 6.07) is 0. The summed E-state index contributed by atoms with van der Waals surface area (Å²) in [5.74, 6) is 0.344. The fourth-order valence-corrected chi connectivity index (χ4v) is 0.978. The smallest absolute Gasteiger partial charge is 0.0657 e. The first-order chi connectivity index (χ1) is 4.54. The van der Waals surface area contributed by atoms with Crippen LogP contribution in [0.1, 0.15) is 33.6 Å². The zero-order valence-corrected chi connectivity index (χ0v) is 7.22. The van der Waals surface area contributed by atoms with Gasteiger partial charge in [0, 0.05) is 0 Å². The van der Waals surface area contributed by atoms with E-state index in [1.165, 1.54) is 0 Å². The Kier molecular flexibility index (Phi) is 3.91. The average molecular weight is 145 g/mol. The number of hydrogen-bond donors (Lipinski definition) is 2. The van der Waals surface area contributed by atoms with E-state index in [0.717, 1.165) is 6.42 Å². The molecule has 0 fully saturated rings. The van der Waals surface area contributed by atoms with Crippen molar-refractivity contribution in [1.29, 1.82) is 0 Å². The minimum atomic E-state index is -0.566. The third-order valence-corrected chi connectivity index (χ3v) is 2.32. The summed E-state index contributed by atoms with van der Waals surface area (Å²) < 4.78 is 0. The van der Waals surface area contributed by atoms with Gasteiger partial charge in [-0.05, 0) is 25.8 Å². The first-order valence-electron chi connectivity index (χ1n) is 3.97. The van der Waals surface area contributed by atoms with Gasteiger partial charge < -0.3 is 10.8 Å². The van der Waals surface area contributed by atoms with Crippen LogP contribution in [0, 0.1) is 5.92 Å². The van der Waals surface area contributed by atoms with Gasteiger partial charge in [0.15, 0.2) is 0 Å². The Hall–Kier alpha value is -0.0800. The molecule has 0 saturated carbocycles. The molecule has 2 atom stereocenters. The summed E-state index contributed by atoms with van der Waals surface area (Å²) in [6.07, 6.45) is 1.70. The molecule has 2 unspecified atom stereocenters. The Labute approximate surface area is 63.4 Å². The molecule has 0 aliphatic rings. The highest BCUT2D eigenvalue weighted by Crippen LogP contribution is 2.22. The van der Waals surface area contributed by atoms with Crippen molar-refractivity contribution in [2.24, 2.45) is 11.7 Å². The zero-order chi connectivity index (χ0) is 8.20. The normalized spacial score (nSPS) is 20.1. The van der Waals surface area contributed by atoms with Gasteiger partial charge in [0.2, 0.25) is 0 Å². The van der Waals surface area contributed by atoms with Crippen LogP contribution >= 0.6 is 0 Å². The second-order valence-corrected chi connectivity index (χ2v) is 3.21. The molecular weight excluding hydrogens is 126 g/mol. The molecule has 3 N–H and O–H groups in total. The molecule has 10 heavy (non-hydrogen) atoms. The van der Waals surface area contributed by atoms with Crippen molar-refractivity contribution >= 4 is 0 Å². The molecule has 0 aromatic carbocycles. The SMILES string of the molecule is CCC(C)C(C)(O)CCN. The average Bonchev–Trinajstić information content (AvgIpc) is 1.86. The maximum Gasteiger partial charge on any atom is 0.0657 e. The van der Waals surface area contributed by atoms with Gasteiger partial charge in [0.1, 0.15) is 0 Å². The number of aliphatic hydroxyl groups is 1. The lowest BCUT2D eigenvalue weighted by molar-refractivity contribution is -0.000817. The van der Waals surface area contributed by atoms with Crippen LogP contribution in [0.5, 0.6) is 0 Å². The molecule has 0 aromatic rings. The summed E-state index contributed by atoms with van der Waals surface area (Å²) >= 11 is 0. The predicted octanol–water partition coefficient (Wildman–Crippen LogP) is 1.13. The summed E-state index contributed by atoms with van der Waals surface area (Å²) in [5.41, 5.74) is 4.78. The molecule has 0 aliphatic heterocycles. The molecule has 0 saturated heterocycles.